The molecule has 2 rings (SSSR count). The van der Waals surface area contributed by atoms with Crippen LogP contribution in [0.3, 0.4) is 0 Å². The van der Waals surface area contributed by atoms with Gasteiger partial charge in [-0.3, -0.25) is 4.79 Å². The highest BCUT2D eigenvalue weighted by Gasteiger charge is 2.37. The molecule has 1 aliphatic rings. The van der Waals surface area contributed by atoms with Gasteiger partial charge in [-0.15, -0.1) is 11.6 Å². The topological polar surface area (TPSA) is 63.2 Å². The lowest BCUT2D eigenvalue weighted by Gasteiger charge is -2.14. The highest BCUT2D eigenvalue weighted by atomic mass is 35.5. The fraction of sp³-hybridized carbons (Fsp3) is 0.417. The summed E-state index contributed by atoms with van der Waals surface area (Å²) in [4.78, 5) is 11.8. The molecule has 0 aromatic heterocycles. The van der Waals surface area contributed by atoms with Crippen molar-refractivity contribution >= 4 is 27.3 Å². The molecule has 104 valence electrons. The van der Waals surface area contributed by atoms with Crippen LogP contribution in [0.4, 0.5) is 4.39 Å². The molecule has 1 aliphatic heterocycles. The summed E-state index contributed by atoms with van der Waals surface area (Å²) in [6, 6.07) is 5.01. The van der Waals surface area contributed by atoms with E-state index in [1.165, 1.54) is 24.3 Å². The second-order valence-corrected chi connectivity index (χ2v) is 7.28. The van der Waals surface area contributed by atoms with Gasteiger partial charge in [-0.2, -0.15) is 0 Å². The van der Waals surface area contributed by atoms with Crippen LogP contribution < -0.4 is 5.32 Å². The van der Waals surface area contributed by atoms with E-state index in [1.54, 1.807) is 0 Å². The molecule has 1 heterocycles. The molecule has 2 unspecified atom stereocenters. The van der Waals surface area contributed by atoms with E-state index in [0.29, 0.717) is 5.56 Å². The Kier molecular flexibility index (Phi) is 4.10. The summed E-state index contributed by atoms with van der Waals surface area (Å²) >= 11 is 5.89. The van der Waals surface area contributed by atoms with Gasteiger partial charge in [-0.25, -0.2) is 12.8 Å². The van der Waals surface area contributed by atoms with Crippen LogP contribution in [-0.4, -0.2) is 37.2 Å². The quantitative estimate of drug-likeness (QED) is 0.844. The highest BCUT2D eigenvalue weighted by Crippen LogP contribution is 2.18. The van der Waals surface area contributed by atoms with Crippen molar-refractivity contribution in [2.45, 2.75) is 17.8 Å². The maximum Gasteiger partial charge on any atom is 0.224 e. The molecule has 0 bridgehead atoms. The fourth-order valence-corrected chi connectivity index (χ4v) is 4.53. The number of hydrogen-bond acceptors (Lipinski definition) is 3. The number of rotatable bonds is 3. The van der Waals surface area contributed by atoms with E-state index in [1.807, 2.05) is 0 Å². The third-order valence-electron chi connectivity index (χ3n) is 2.91. The average Bonchev–Trinajstić information content (AvgIpc) is 2.55. The number of carbonyl (C=O) groups excluding carboxylic acids is 1. The lowest BCUT2D eigenvalue weighted by molar-refractivity contribution is -0.120. The summed E-state index contributed by atoms with van der Waals surface area (Å²) in [7, 11) is -3.17. The largest absolute Gasteiger partial charge is 0.351 e. The Morgan fingerprint density at radius 3 is 2.47 bits per heavy atom. The van der Waals surface area contributed by atoms with Crippen molar-refractivity contribution in [2.24, 2.45) is 0 Å². The third kappa shape index (κ3) is 3.91. The minimum atomic E-state index is -3.17. The van der Waals surface area contributed by atoms with Crippen molar-refractivity contribution in [3.05, 3.63) is 35.6 Å². The second kappa shape index (κ2) is 5.46. The van der Waals surface area contributed by atoms with Crippen LogP contribution >= 0.6 is 11.6 Å². The number of halogens is 2. The Morgan fingerprint density at radius 2 is 1.95 bits per heavy atom. The van der Waals surface area contributed by atoms with Crippen molar-refractivity contribution in [1.29, 1.82) is 0 Å². The molecule has 4 nitrogen and oxygen atoms in total. The summed E-state index contributed by atoms with van der Waals surface area (Å²) < 4.78 is 35.4. The molecule has 0 spiro atoms. The molecule has 0 aliphatic carbocycles. The third-order valence-corrected chi connectivity index (χ3v) is 5.28. The van der Waals surface area contributed by atoms with Crippen LogP contribution in [0.15, 0.2) is 24.3 Å². The van der Waals surface area contributed by atoms with Gasteiger partial charge >= 0.3 is 0 Å². The normalized spacial score (nSPS) is 25.2. The van der Waals surface area contributed by atoms with Gasteiger partial charge in [0.15, 0.2) is 9.84 Å². The number of nitrogens with one attached hydrogen (secondary N) is 1. The number of carbonyl (C=O) groups is 1. The highest BCUT2D eigenvalue weighted by molar-refractivity contribution is 7.91. The van der Waals surface area contributed by atoms with Gasteiger partial charge in [0, 0.05) is 0 Å². The maximum absolute atomic E-state index is 12.7. The van der Waals surface area contributed by atoms with Crippen LogP contribution in [0, 0.1) is 5.82 Å². The molecule has 7 heteroatoms. The van der Waals surface area contributed by atoms with Gasteiger partial charge in [0.1, 0.15) is 5.82 Å². The molecule has 2 atom stereocenters. The predicted molar refractivity (Wildman–Crippen MR) is 70.3 cm³/mol. The summed E-state index contributed by atoms with van der Waals surface area (Å²) in [5, 5.41) is 2.01. The summed E-state index contributed by atoms with van der Waals surface area (Å²) in [6.45, 7) is 0. The van der Waals surface area contributed by atoms with E-state index < -0.39 is 21.3 Å². The average molecular weight is 306 g/mol. The number of alkyl halides is 1. The van der Waals surface area contributed by atoms with Crippen molar-refractivity contribution < 1.29 is 17.6 Å². The SMILES string of the molecule is O=C(Cc1ccc(F)cc1)NC1CS(=O)(=O)CC1Cl. The van der Waals surface area contributed by atoms with Crippen molar-refractivity contribution in [3.8, 4) is 0 Å². The molecule has 0 saturated carbocycles. The van der Waals surface area contributed by atoms with Gasteiger partial charge < -0.3 is 5.32 Å². The molecular formula is C12H13ClFNO3S. The maximum atomic E-state index is 12.7. The molecule has 1 amide bonds. The van der Waals surface area contributed by atoms with Crippen molar-refractivity contribution in [3.63, 3.8) is 0 Å². The number of sulfone groups is 1. The second-order valence-electron chi connectivity index (χ2n) is 4.57. The number of hydrogen-bond donors (Lipinski definition) is 1. The van der Waals surface area contributed by atoms with Crippen LogP contribution in [-0.2, 0) is 21.1 Å². The van der Waals surface area contributed by atoms with E-state index in [9.17, 15) is 17.6 Å². The van der Waals surface area contributed by atoms with Crippen molar-refractivity contribution in [1.82, 2.24) is 5.32 Å². The monoisotopic (exact) mass is 305 g/mol. The zero-order valence-corrected chi connectivity index (χ0v) is 11.5. The Balaban J connectivity index is 1.93. The molecule has 1 fully saturated rings. The van der Waals surface area contributed by atoms with Gasteiger partial charge in [-0.05, 0) is 17.7 Å². The first-order chi connectivity index (χ1) is 8.85. The molecular weight excluding hydrogens is 293 g/mol. The molecule has 1 N–H and O–H groups in total. The lowest BCUT2D eigenvalue weighted by Crippen LogP contribution is -2.41. The first-order valence-electron chi connectivity index (χ1n) is 5.74. The number of amides is 1. The molecule has 0 radical (unpaired) electrons. The first-order valence-corrected chi connectivity index (χ1v) is 8.00. The Labute approximate surface area is 115 Å². The van der Waals surface area contributed by atoms with E-state index in [0.717, 1.165) is 0 Å². The zero-order valence-electron chi connectivity index (χ0n) is 9.97. The Hall–Kier alpha value is -1.14. The van der Waals surface area contributed by atoms with Gasteiger partial charge in [0.05, 0.1) is 29.3 Å². The Morgan fingerprint density at radius 1 is 1.32 bits per heavy atom. The standard InChI is InChI=1S/C12H13ClFNO3S/c13-10-6-19(17,18)7-11(10)15-12(16)5-8-1-3-9(14)4-2-8/h1-4,10-11H,5-7H2,(H,15,16). The summed E-state index contributed by atoms with van der Waals surface area (Å²) in [5.74, 6) is -0.932. The van der Waals surface area contributed by atoms with Gasteiger partial charge in [-0.1, -0.05) is 12.1 Å². The number of benzene rings is 1. The lowest BCUT2D eigenvalue weighted by atomic mass is 10.1. The predicted octanol–water partition coefficient (Wildman–Crippen LogP) is 0.889. The Bertz CT molecular complexity index is 573. The van der Waals surface area contributed by atoms with Crippen LogP contribution in [0.1, 0.15) is 5.56 Å². The molecule has 1 saturated heterocycles. The van der Waals surface area contributed by atoms with E-state index >= 15 is 0 Å². The fourth-order valence-electron chi connectivity index (χ4n) is 1.98. The van der Waals surface area contributed by atoms with Crippen LogP contribution in [0.5, 0.6) is 0 Å². The molecule has 19 heavy (non-hydrogen) atoms. The van der Waals surface area contributed by atoms with Crippen LogP contribution in [0.2, 0.25) is 0 Å². The van der Waals surface area contributed by atoms with Crippen molar-refractivity contribution in [2.75, 3.05) is 11.5 Å². The van der Waals surface area contributed by atoms with E-state index in [4.69, 9.17) is 11.6 Å². The summed E-state index contributed by atoms with van der Waals surface area (Å²) in [5.41, 5.74) is 0.658. The minimum absolute atomic E-state index is 0.0699. The summed E-state index contributed by atoms with van der Waals surface area (Å²) in [6.07, 6.45) is 0.0699. The molecule has 1 aromatic carbocycles. The van der Waals surface area contributed by atoms with Crippen LogP contribution in [0.25, 0.3) is 0 Å². The van der Waals surface area contributed by atoms with Gasteiger partial charge in [0.25, 0.3) is 0 Å². The first kappa shape index (κ1) is 14.3. The molecule has 1 aromatic rings. The smallest absolute Gasteiger partial charge is 0.224 e. The van der Waals surface area contributed by atoms with Gasteiger partial charge in [0.2, 0.25) is 5.91 Å². The van der Waals surface area contributed by atoms with E-state index in [-0.39, 0.29) is 29.7 Å². The minimum Gasteiger partial charge on any atom is -0.351 e. The zero-order chi connectivity index (χ0) is 14.0. The van der Waals surface area contributed by atoms with E-state index in [2.05, 4.69) is 5.32 Å².